The molecule has 9 heteroatoms. The molecule has 0 bridgehead atoms. The Morgan fingerprint density at radius 1 is 0.532 bits per heavy atom. The summed E-state index contributed by atoms with van der Waals surface area (Å²) in [7, 11) is 0. The van der Waals surface area contributed by atoms with Gasteiger partial charge in [0.2, 0.25) is 5.91 Å². The number of aliphatic hydroxyl groups excluding tert-OH is 5. The minimum Gasteiger partial charge on any atom is -0.394 e. The van der Waals surface area contributed by atoms with Gasteiger partial charge in [-0.1, -0.05) is 224 Å². The lowest BCUT2D eigenvalue weighted by atomic mass is 9.99. The highest BCUT2D eigenvalue weighted by atomic mass is 16.7. The predicted molar refractivity (Wildman–Crippen MR) is 258 cm³/mol. The Morgan fingerprint density at radius 2 is 0.919 bits per heavy atom. The van der Waals surface area contributed by atoms with Gasteiger partial charge in [-0.05, 0) is 44.9 Å². The van der Waals surface area contributed by atoms with Crippen molar-refractivity contribution in [1.29, 1.82) is 0 Å². The zero-order valence-corrected chi connectivity index (χ0v) is 40.1. The van der Waals surface area contributed by atoms with E-state index in [2.05, 4.69) is 43.5 Å². The summed E-state index contributed by atoms with van der Waals surface area (Å²) in [5.74, 6) is -0.188. The van der Waals surface area contributed by atoms with E-state index >= 15 is 0 Å². The van der Waals surface area contributed by atoms with Crippen LogP contribution in [-0.2, 0) is 14.3 Å². The summed E-state index contributed by atoms with van der Waals surface area (Å²) in [6.07, 6.45) is 47.9. The van der Waals surface area contributed by atoms with Crippen LogP contribution >= 0.6 is 0 Å². The lowest BCUT2D eigenvalue weighted by Crippen LogP contribution is -2.60. The van der Waals surface area contributed by atoms with E-state index in [4.69, 9.17) is 9.47 Å². The summed E-state index contributed by atoms with van der Waals surface area (Å²) in [5, 5.41) is 54.2. The summed E-state index contributed by atoms with van der Waals surface area (Å²) < 4.78 is 11.2. The van der Waals surface area contributed by atoms with Crippen molar-refractivity contribution >= 4 is 5.91 Å². The zero-order chi connectivity index (χ0) is 45.1. The van der Waals surface area contributed by atoms with Gasteiger partial charge in [0.15, 0.2) is 6.29 Å². The van der Waals surface area contributed by atoms with Crippen LogP contribution in [0.4, 0.5) is 0 Å². The molecule has 0 radical (unpaired) electrons. The Kier molecular flexibility index (Phi) is 40.8. The van der Waals surface area contributed by atoms with E-state index < -0.39 is 49.5 Å². The number of rotatable bonds is 44. The van der Waals surface area contributed by atoms with Crippen LogP contribution in [-0.4, -0.2) is 87.5 Å². The molecule has 1 saturated heterocycles. The van der Waals surface area contributed by atoms with E-state index in [1.165, 1.54) is 167 Å². The van der Waals surface area contributed by atoms with Crippen molar-refractivity contribution in [3.8, 4) is 0 Å². The SMILES string of the molecule is CCCCC/C=C/CC/C=C/CC/C=C/C(O)C(COC1OC(CO)C(O)C(O)C1O)NC(=O)CCCCCCCCCCCCCCCCCCCCCCCCCCCC. The van der Waals surface area contributed by atoms with E-state index in [1.807, 2.05) is 6.08 Å². The first-order chi connectivity index (χ1) is 30.3. The third kappa shape index (κ3) is 33.0. The average molecular weight is 878 g/mol. The van der Waals surface area contributed by atoms with Crippen molar-refractivity contribution in [2.75, 3.05) is 13.2 Å². The Hall–Kier alpha value is -1.59. The maximum absolute atomic E-state index is 13.0. The molecule has 62 heavy (non-hydrogen) atoms. The van der Waals surface area contributed by atoms with Gasteiger partial charge in [0.1, 0.15) is 24.4 Å². The van der Waals surface area contributed by atoms with Gasteiger partial charge in [-0.25, -0.2) is 0 Å². The van der Waals surface area contributed by atoms with Gasteiger partial charge < -0.3 is 40.3 Å². The van der Waals surface area contributed by atoms with Crippen molar-refractivity contribution < 1.29 is 39.8 Å². The fraction of sp³-hybridized carbons (Fsp3) is 0.868. The number of ether oxygens (including phenoxy) is 2. The molecule has 7 unspecified atom stereocenters. The first kappa shape index (κ1) is 58.4. The summed E-state index contributed by atoms with van der Waals surface area (Å²) in [4.78, 5) is 13.0. The minimum atomic E-state index is -1.57. The number of allylic oxidation sites excluding steroid dienone is 5. The smallest absolute Gasteiger partial charge is 0.220 e. The van der Waals surface area contributed by atoms with Crippen LogP contribution in [0.3, 0.4) is 0 Å². The van der Waals surface area contributed by atoms with Gasteiger partial charge in [0, 0.05) is 6.42 Å². The molecule has 1 aliphatic heterocycles. The highest BCUT2D eigenvalue weighted by Gasteiger charge is 2.44. The van der Waals surface area contributed by atoms with Crippen LogP contribution in [0.2, 0.25) is 0 Å². The van der Waals surface area contributed by atoms with E-state index in [0.29, 0.717) is 6.42 Å². The molecule has 7 atom stereocenters. The molecule has 1 rings (SSSR count). The van der Waals surface area contributed by atoms with Gasteiger partial charge in [0.25, 0.3) is 0 Å². The Bertz CT molecular complexity index is 1070. The molecule has 0 aromatic rings. The van der Waals surface area contributed by atoms with E-state index in [1.54, 1.807) is 6.08 Å². The van der Waals surface area contributed by atoms with Crippen LogP contribution in [0.25, 0.3) is 0 Å². The molecule has 0 saturated carbocycles. The van der Waals surface area contributed by atoms with Crippen LogP contribution in [0.5, 0.6) is 0 Å². The Morgan fingerprint density at radius 3 is 1.35 bits per heavy atom. The number of aliphatic hydroxyl groups is 5. The summed E-state index contributed by atoms with van der Waals surface area (Å²) >= 11 is 0. The maximum Gasteiger partial charge on any atom is 0.220 e. The Balaban J connectivity index is 2.21. The molecule has 6 N–H and O–H groups in total. The van der Waals surface area contributed by atoms with E-state index in [-0.39, 0.29) is 12.5 Å². The molecule has 0 spiro atoms. The number of unbranched alkanes of at least 4 members (excludes halogenated alkanes) is 30. The monoisotopic (exact) mass is 878 g/mol. The Labute approximate surface area is 381 Å². The summed E-state index contributed by atoms with van der Waals surface area (Å²) in [6, 6.07) is -0.824. The van der Waals surface area contributed by atoms with Crippen molar-refractivity contribution in [2.24, 2.45) is 0 Å². The summed E-state index contributed by atoms with van der Waals surface area (Å²) in [6.45, 7) is 3.73. The van der Waals surface area contributed by atoms with Gasteiger partial charge in [-0.3, -0.25) is 4.79 Å². The molecule has 9 nitrogen and oxygen atoms in total. The average Bonchev–Trinajstić information content (AvgIpc) is 3.27. The number of nitrogens with one attached hydrogen (secondary N) is 1. The minimum absolute atomic E-state index is 0.188. The fourth-order valence-electron chi connectivity index (χ4n) is 8.25. The third-order valence-electron chi connectivity index (χ3n) is 12.4. The van der Waals surface area contributed by atoms with Gasteiger partial charge >= 0.3 is 0 Å². The zero-order valence-electron chi connectivity index (χ0n) is 40.1. The third-order valence-corrected chi connectivity index (χ3v) is 12.4. The largest absolute Gasteiger partial charge is 0.394 e. The first-order valence-electron chi connectivity index (χ1n) is 26.2. The van der Waals surface area contributed by atoms with Gasteiger partial charge in [-0.15, -0.1) is 0 Å². The van der Waals surface area contributed by atoms with Crippen molar-refractivity contribution in [3.63, 3.8) is 0 Å². The number of hydrogen-bond donors (Lipinski definition) is 6. The molecular formula is C53H99NO8. The molecule has 0 aromatic carbocycles. The molecule has 1 fully saturated rings. The van der Waals surface area contributed by atoms with Crippen molar-refractivity contribution in [2.45, 2.75) is 281 Å². The normalized spacial score (nSPS) is 20.5. The molecule has 1 amide bonds. The second kappa shape index (κ2) is 43.3. The molecule has 1 heterocycles. The highest BCUT2D eigenvalue weighted by Crippen LogP contribution is 2.23. The second-order valence-corrected chi connectivity index (χ2v) is 18.3. The van der Waals surface area contributed by atoms with Crippen LogP contribution in [0.1, 0.15) is 239 Å². The number of hydrogen-bond acceptors (Lipinski definition) is 8. The van der Waals surface area contributed by atoms with Crippen LogP contribution in [0.15, 0.2) is 36.5 Å². The van der Waals surface area contributed by atoms with Crippen molar-refractivity contribution in [1.82, 2.24) is 5.32 Å². The number of carbonyl (C=O) groups excluding carboxylic acids is 1. The second-order valence-electron chi connectivity index (χ2n) is 18.3. The van der Waals surface area contributed by atoms with E-state index in [0.717, 1.165) is 51.4 Å². The number of carbonyl (C=O) groups is 1. The maximum atomic E-state index is 13.0. The fourth-order valence-corrected chi connectivity index (χ4v) is 8.25. The summed E-state index contributed by atoms with van der Waals surface area (Å²) in [5.41, 5.74) is 0. The van der Waals surface area contributed by atoms with Gasteiger partial charge in [0.05, 0.1) is 25.4 Å². The lowest BCUT2D eigenvalue weighted by Gasteiger charge is -2.40. The molecular weight excluding hydrogens is 779 g/mol. The quantitative estimate of drug-likeness (QED) is 0.0262. The highest BCUT2D eigenvalue weighted by molar-refractivity contribution is 5.76. The van der Waals surface area contributed by atoms with Crippen LogP contribution < -0.4 is 5.32 Å². The van der Waals surface area contributed by atoms with E-state index in [9.17, 15) is 30.3 Å². The predicted octanol–water partition coefficient (Wildman–Crippen LogP) is 12.0. The first-order valence-corrected chi connectivity index (χ1v) is 26.2. The topological polar surface area (TPSA) is 149 Å². The van der Waals surface area contributed by atoms with Gasteiger partial charge in [-0.2, -0.15) is 0 Å². The van der Waals surface area contributed by atoms with Crippen LogP contribution in [0, 0.1) is 0 Å². The molecule has 364 valence electrons. The van der Waals surface area contributed by atoms with Crippen molar-refractivity contribution in [3.05, 3.63) is 36.5 Å². The molecule has 1 aliphatic rings. The molecule has 0 aliphatic carbocycles. The lowest BCUT2D eigenvalue weighted by molar-refractivity contribution is -0.302. The standard InChI is InChI=1S/C53H99NO8/c1-3-5-7-9-11-13-15-17-18-19-20-21-22-23-24-25-26-27-28-29-31-33-35-37-39-41-43-49(57)54-46(45-61-53-52(60)51(59)50(58)48(44-55)62-53)47(56)42-40-38-36-34-32-30-16-14-12-10-8-6-4-2/h12,14,32,34,40,42,46-48,50-53,55-56,58-60H,3-11,13,15-31,33,35-39,41,43-45H2,1-2H3,(H,54,57)/b14-12+,34-32+,42-40+. The number of amides is 1. The molecule has 0 aromatic heterocycles.